The van der Waals surface area contributed by atoms with Gasteiger partial charge in [-0.3, -0.25) is 19.3 Å². The highest BCUT2D eigenvalue weighted by Gasteiger charge is 2.66. The van der Waals surface area contributed by atoms with E-state index in [0.29, 0.717) is 17.9 Å². The minimum atomic E-state index is -0.238. The first-order valence-corrected chi connectivity index (χ1v) is 13.7. The molecule has 6 atom stereocenters. The number of ether oxygens (including phenoxy) is 1. The Labute approximate surface area is 206 Å². The van der Waals surface area contributed by atoms with Crippen molar-refractivity contribution in [2.24, 2.45) is 23.7 Å². The van der Waals surface area contributed by atoms with Crippen molar-refractivity contribution in [1.82, 2.24) is 0 Å². The first-order chi connectivity index (χ1) is 15.4. The monoisotopic (exact) mass is 567 g/mol. The molecule has 1 saturated heterocycles. The fourth-order valence-electron chi connectivity index (χ4n) is 5.68. The van der Waals surface area contributed by atoms with Gasteiger partial charge in [0.15, 0.2) is 0 Å². The summed E-state index contributed by atoms with van der Waals surface area (Å²) < 4.78 is 5.44. The van der Waals surface area contributed by atoms with Crippen LogP contribution in [0.1, 0.15) is 64.7 Å². The number of esters is 1. The van der Waals surface area contributed by atoms with E-state index in [9.17, 15) is 14.4 Å². The number of nitrogens with zero attached hydrogens (tertiary/aromatic N) is 1. The standard InChI is InChI=1S/C25H31Br2NO4/c1-2-3-4-5-6-7-8-9-19(29)32-16-12-10-15(11-13-16)28-24(30)20-17-14-18(21(20)25(28)31)23(27)22(17)26/h10-13,17-18,20-23H,2-9,14H2,1H3/t17-,18-,20-,21-,22-,23+/m0/s1. The number of carbonyl (C=O) groups is 3. The van der Waals surface area contributed by atoms with Crippen molar-refractivity contribution in [3.63, 3.8) is 0 Å². The minimum absolute atomic E-state index is 0.0972. The van der Waals surface area contributed by atoms with Gasteiger partial charge in [0.25, 0.3) is 0 Å². The second-order valence-electron chi connectivity index (χ2n) is 9.36. The zero-order chi connectivity index (χ0) is 22.8. The van der Waals surface area contributed by atoms with E-state index < -0.39 is 0 Å². The molecule has 2 amide bonds. The first-order valence-electron chi connectivity index (χ1n) is 11.9. The second-order valence-corrected chi connectivity index (χ2v) is 11.5. The Kier molecular flexibility index (Phi) is 7.76. The fraction of sp³-hybridized carbons (Fsp3) is 0.640. The van der Waals surface area contributed by atoms with Gasteiger partial charge < -0.3 is 4.74 Å². The third kappa shape index (κ3) is 4.56. The summed E-state index contributed by atoms with van der Waals surface area (Å²) in [6.45, 7) is 2.20. The molecule has 32 heavy (non-hydrogen) atoms. The van der Waals surface area contributed by atoms with Crippen LogP contribution in [0.4, 0.5) is 5.69 Å². The molecule has 3 fully saturated rings. The molecule has 1 heterocycles. The quantitative estimate of drug-likeness (QED) is 0.114. The Morgan fingerprint density at radius 1 is 0.906 bits per heavy atom. The number of imide groups is 1. The van der Waals surface area contributed by atoms with Gasteiger partial charge in [0.1, 0.15) is 5.75 Å². The summed E-state index contributed by atoms with van der Waals surface area (Å²) in [6, 6.07) is 6.74. The van der Waals surface area contributed by atoms with Crippen LogP contribution < -0.4 is 9.64 Å². The Hall–Kier alpha value is -1.21. The van der Waals surface area contributed by atoms with E-state index in [2.05, 4.69) is 38.8 Å². The van der Waals surface area contributed by atoms with Gasteiger partial charge in [0.2, 0.25) is 11.8 Å². The molecule has 1 aromatic rings. The summed E-state index contributed by atoms with van der Waals surface area (Å²) in [5.74, 6) is -0.0553. The normalized spacial score (nSPS) is 30.8. The van der Waals surface area contributed by atoms with Gasteiger partial charge in [0.05, 0.1) is 17.5 Å². The predicted octanol–water partition coefficient (Wildman–Crippen LogP) is 6.02. The van der Waals surface area contributed by atoms with Gasteiger partial charge in [-0.1, -0.05) is 77.3 Å². The summed E-state index contributed by atoms with van der Waals surface area (Å²) in [6.07, 6.45) is 9.40. The molecular weight excluding hydrogens is 538 g/mol. The average molecular weight is 569 g/mol. The lowest BCUT2D eigenvalue weighted by Gasteiger charge is -2.28. The van der Waals surface area contributed by atoms with Crippen LogP contribution >= 0.6 is 31.9 Å². The number of benzene rings is 1. The van der Waals surface area contributed by atoms with Crippen molar-refractivity contribution in [2.45, 2.75) is 74.4 Å². The van der Waals surface area contributed by atoms with E-state index in [1.165, 1.54) is 30.6 Å². The predicted molar refractivity (Wildman–Crippen MR) is 131 cm³/mol. The Morgan fingerprint density at radius 3 is 2.00 bits per heavy atom. The van der Waals surface area contributed by atoms with Crippen molar-refractivity contribution < 1.29 is 19.1 Å². The van der Waals surface area contributed by atoms with Gasteiger partial charge >= 0.3 is 5.97 Å². The first kappa shape index (κ1) is 23.9. The maximum atomic E-state index is 13.1. The number of alkyl halides is 2. The number of fused-ring (bicyclic) bond motifs is 5. The molecule has 0 spiro atoms. The van der Waals surface area contributed by atoms with Gasteiger partial charge in [-0.25, -0.2) is 0 Å². The third-order valence-electron chi connectivity index (χ3n) is 7.30. The minimum Gasteiger partial charge on any atom is -0.427 e. The molecule has 2 saturated carbocycles. The highest BCUT2D eigenvalue weighted by atomic mass is 79.9. The summed E-state index contributed by atoms with van der Waals surface area (Å²) in [4.78, 5) is 40.1. The van der Waals surface area contributed by atoms with E-state index in [1.54, 1.807) is 24.3 Å². The molecule has 7 heteroatoms. The molecule has 0 radical (unpaired) electrons. The van der Waals surface area contributed by atoms with E-state index in [4.69, 9.17) is 4.74 Å². The van der Waals surface area contributed by atoms with E-state index in [0.717, 1.165) is 25.7 Å². The molecule has 1 aliphatic heterocycles. The lowest BCUT2D eigenvalue weighted by molar-refractivity contribution is -0.134. The smallest absolute Gasteiger partial charge is 0.311 e. The van der Waals surface area contributed by atoms with Crippen LogP contribution in [0.3, 0.4) is 0 Å². The van der Waals surface area contributed by atoms with Gasteiger partial charge in [0, 0.05) is 16.1 Å². The molecule has 3 aliphatic rings. The fourth-order valence-corrected chi connectivity index (χ4v) is 7.55. The molecule has 0 aromatic heterocycles. The molecule has 5 nitrogen and oxygen atoms in total. The summed E-state index contributed by atoms with van der Waals surface area (Å²) in [5, 5.41) is 0. The third-order valence-corrected chi connectivity index (χ3v) is 10.5. The summed E-state index contributed by atoms with van der Waals surface area (Å²) in [7, 11) is 0. The molecule has 0 unspecified atom stereocenters. The van der Waals surface area contributed by atoms with Crippen molar-refractivity contribution in [1.29, 1.82) is 0 Å². The lowest BCUT2D eigenvalue weighted by atomic mass is 9.81. The van der Waals surface area contributed by atoms with Gasteiger partial charge in [-0.05, 0) is 48.9 Å². The molecule has 4 rings (SSSR count). The Bertz CT molecular complexity index is 826. The zero-order valence-electron chi connectivity index (χ0n) is 18.5. The van der Waals surface area contributed by atoms with Gasteiger partial charge in [-0.15, -0.1) is 0 Å². The number of carbonyl (C=O) groups excluding carboxylic acids is 3. The maximum Gasteiger partial charge on any atom is 0.311 e. The Balaban J connectivity index is 1.29. The lowest BCUT2D eigenvalue weighted by Crippen LogP contribution is -2.37. The number of unbranched alkanes of at least 4 members (excludes halogenated alkanes) is 6. The topological polar surface area (TPSA) is 63.7 Å². The number of hydrogen-bond donors (Lipinski definition) is 0. The average Bonchev–Trinajstić information content (AvgIpc) is 3.39. The van der Waals surface area contributed by atoms with Crippen LogP contribution in [-0.2, 0) is 14.4 Å². The molecule has 0 N–H and O–H groups in total. The van der Waals surface area contributed by atoms with Crippen LogP contribution in [0.2, 0.25) is 0 Å². The van der Waals surface area contributed by atoms with E-state index >= 15 is 0 Å². The van der Waals surface area contributed by atoms with Crippen molar-refractivity contribution in [3.05, 3.63) is 24.3 Å². The van der Waals surface area contributed by atoms with Crippen LogP contribution in [0.15, 0.2) is 24.3 Å². The number of hydrogen-bond acceptors (Lipinski definition) is 4. The maximum absolute atomic E-state index is 13.1. The Morgan fingerprint density at radius 2 is 1.44 bits per heavy atom. The zero-order valence-corrected chi connectivity index (χ0v) is 21.6. The van der Waals surface area contributed by atoms with Crippen LogP contribution in [0.25, 0.3) is 0 Å². The van der Waals surface area contributed by atoms with Crippen LogP contribution in [-0.4, -0.2) is 27.4 Å². The molecule has 174 valence electrons. The van der Waals surface area contributed by atoms with Crippen LogP contribution in [0, 0.1) is 23.7 Å². The van der Waals surface area contributed by atoms with Crippen molar-refractivity contribution >= 4 is 55.3 Å². The van der Waals surface area contributed by atoms with E-state index in [1.807, 2.05) is 0 Å². The molecule has 2 aliphatic carbocycles. The SMILES string of the molecule is CCCCCCCCCC(=O)Oc1ccc(N2C(=O)[C@H]3[C@@H]4C[C@H]([C@@H](Br)[C@H]4Br)[C@@H]3C2=O)cc1. The number of anilines is 1. The molecule has 1 aromatic carbocycles. The van der Waals surface area contributed by atoms with Crippen molar-refractivity contribution in [3.8, 4) is 5.75 Å². The van der Waals surface area contributed by atoms with Gasteiger partial charge in [-0.2, -0.15) is 0 Å². The highest BCUT2D eigenvalue weighted by Crippen LogP contribution is 2.60. The van der Waals surface area contributed by atoms with E-state index in [-0.39, 0.29) is 51.1 Å². The molecular formula is C25H31Br2NO4. The number of rotatable bonds is 10. The van der Waals surface area contributed by atoms with Crippen molar-refractivity contribution in [2.75, 3.05) is 4.90 Å². The highest BCUT2D eigenvalue weighted by molar-refractivity contribution is 9.12. The summed E-state index contributed by atoms with van der Waals surface area (Å²) >= 11 is 7.42. The second kappa shape index (κ2) is 10.4. The number of amides is 2. The summed E-state index contributed by atoms with van der Waals surface area (Å²) in [5.41, 5.74) is 0.554. The van der Waals surface area contributed by atoms with Crippen LogP contribution in [0.5, 0.6) is 5.75 Å². The number of halogens is 2. The molecule has 2 bridgehead atoms. The largest absolute Gasteiger partial charge is 0.427 e.